The Bertz CT molecular complexity index is 1110. The van der Waals surface area contributed by atoms with E-state index in [4.69, 9.17) is 17.4 Å². The summed E-state index contributed by atoms with van der Waals surface area (Å²) >= 11 is 6.24. The number of alkyl halides is 3. The lowest BCUT2D eigenvalue weighted by Crippen LogP contribution is -2.27. The smallest absolute Gasteiger partial charge is 0.288 e. The summed E-state index contributed by atoms with van der Waals surface area (Å²) in [7, 11) is -3.89. The maximum Gasteiger partial charge on any atom is 0.416 e. The van der Waals surface area contributed by atoms with Crippen molar-refractivity contribution in [3.8, 4) is 0 Å². The van der Waals surface area contributed by atoms with Gasteiger partial charge >= 0.3 is 6.18 Å². The molecule has 1 aliphatic heterocycles. The van der Waals surface area contributed by atoms with Crippen molar-refractivity contribution in [1.29, 1.82) is 0 Å². The minimum absolute atomic E-state index is 0.0252. The van der Waals surface area contributed by atoms with E-state index in [-0.39, 0.29) is 20.7 Å². The third-order valence-electron chi connectivity index (χ3n) is 3.98. The zero-order valence-corrected chi connectivity index (χ0v) is 17.0. The lowest BCUT2D eigenvalue weighted by Gasteiger charge is -2.15. The number of benzene rings is 2. The van der Waals surface area contributed by atoms with E-state index in [1.165, 1.54) is 41.3 Å². The van der Waals surface area contributed by atoms with E-state index < -0.39 is 27.7 Å². The molecule has 0 atom stereocenters. The molecule has 152 valence electrons. The molecule has 0 unspecified atom stereocenters. The van der Waals surface area contributed by atoms with E-state index in [1.54, 1.807) is 6.07 Å². The number of halogens is 3. The molecular weight excluding hydrogens is 445 g/mol. The first-order valence-electron chi connectivity index (χ1n) is 7.99. The first kappa shape index (κ1) is 21.5. The highest BCUT2D eigenvalue weighted by molar-refractivity contribution is 8.26. The van der Waals surface area contributed by atoms with Crippen molar-refractivity contribution < 1.29 is 26.4 Å². The number of primary sulfonamides is 1. The minimum Gasteiger partial charge on any atom is -0.288 e. The lowest BCUT2D eigenvalue weighted by atomic mass is 10.1. The number of thioether (sulfide) groups is 1. The summed E-state index contributed by atoms with van der Waals surface area (Å²) in [5.74, 6) is -0.416. The number of thiocarbonyl (C=S) groups is 1. The molecule has 1 amide bonds. The molecule has 0 aromatic heterocycles. The number of nitrogens with two attached hydrogens (primary N) is 1. The van der Waals surface area contributed by atoms with Crippen LogP contribution >= 0.6 is 24.0 Å². The van der Waals surface area contributed by atoms with Gasteiger partial charge in [0.05, 0.1) is 21.9 Å². The van der Waals surface area contributed by atoms with Crippen molar-refractivity contribution in [3.05, 3.63) is 70.1 Å². The van der Waals surface area contributed by atoms with Crippen LogP contribution in [0.25, 0.3) is 6.08 Å². The maximum atomic E-state index is 12.7. The summed E-state index contributed by atoms with van der Waals surface area (Å²) in [4.78, 5) is 14.1. The molecule has 2 aromatic carbocycles. The van der Waals surface area contributed by atoms with Gasteiger partial charge < -0.3 is 0 Å². The summed E-state index contributed by atoms with van der Waals surface area (Å²) in [6.07, 6.45) is -2.95. The molecule has 29 heavy (non-hydrogen) atoms. The highest BCUT2D eigenvalue weighted by Gasteiger charge is 2.33. The van der Waals surface area contributed by atoms with Crippen molar-refractivity contribution in [2.45, 2.75) is 17.6 Å². The molecule has 0 spiro atoms. The fourth-order valence-corrected chi connectivity index (χ4v) is 4.37. The molecule has 1 aliphatic rings. The van der Waals surface area contributed by atoms with Gasteiger partial charge in [0.1, 0.15) is 4.32 Å². The second kappa shape index (κ2) is 7.90. The molecule has 2 N–H and O–H groups in total. The summed E-state index contributed by atoms with van der Waals surface area (Å²) in [5, 5.41) is 5.11. The second-order valence-corrected chi connectivity index (χ2v) is 9.32. The lowest BCUT2D eigenvalue weighted by molar-refractivity contribution is -0.137. The van der Waals surface area contributed by atoms with E-state index in [1.807, 2.05) is 0 Å². The summed E-state index contributed by atoms with van der Waals surface area (Å²) < 4.78 is 61.2. The molecule has 3 rings (SSSR count). The molecule has 0 radical (unpaired) electrons. The normalized spacial score (nSPS) is 16.7. The first-order valence-corrected chi connectivity index (χ1v) is 10.8. The van der Waals surface area contributed by atoms with Crippen LogP contribution in [0.5, 0.6) is 0 Å². The van der Waals surface area contributed by atoms with Crippen LogP contribution in [0.15, 0.2) is 58.3 Å². The zero-order chi connectivity index (χ0) is 21.4. The largest absolute Gasteiger partial charge is 0.416 e. The second-order valence-electron chi connectivity index (χ2n) is 6.08. The number of carbonyl (C=O) groups is 1. The molecular formula is C18H13F3N2O3S3. The third kappa shape index (κ3) is 5.04. The van der Waals surface area contributed by atoms with Gasteiger partial charge in [-0.3, -0.25) is 9.69 Å². The number of hydrogen-bond donors (Lipinski definition) is 1. The average Bonchev–Trinajstić information content (AvgIpc) is 2.88. The molecule has 11 heteroatoms. The molecule has 2 aromatic rings. The van der Waals surface area contributed by atoms with Gasteiger partial charge in [0.2, 0.25) is 10.0 Å². The quantitative estimate of drug-likeness (QED) is 0.558. The van der Waals surface area contributed by atoms with Gasteiger partial charge in [0, 0.05) is 0 Å². The number of nitrogens with zero attached hydrogens (tertiary/aromatic N) is 1. The van der Waals surface area contributed by atoms with Crippen LogP contribution in [-0.2, 0) is 27.5 Å². The Morgan fingerprint density at radius 3 is 2.38 bits per heavy atom. The van der Waals surface area contributed by atoms with Crippen LogP contribution < -0.4 is 5.14 Å². The number of rotatable bonds is 4. The highest BCUT2D eigenvalue weighted by Crippen LogP contribution is 2.34. The first-order chi connectivity index (χ1) is 13.4. The van der Waals surface area contributed by atoms with E-state index in [2.05, 4.69) is 0 Å². The number of sulfonamides is 1. The number of hydrogen-bond acceptors (Lipinski definition) is 5. The van der Waals surface area contributed by atoms with Crippen molar-refractivity contribution in [1.82, 2.24) is 4.90 Å². The van der Waals surface area contributed by atoms with Crippen LogP contribution in [0.3, 0.4) is 0 Å². The van der Waals surface area contributed by atoms with Crippen molar-refractivity contribution >= 4 is 50.3 Å². The maximum absolute atomic E-state index is 12.7. The predicted molar refractivity (Wildman–Crippen MR) is 108 cm³/mol. The summed E-state index contributed by atoms with van der Waals surface area (Å²) in [6, 6.07) is 10.2. The molecule has 0 bridgehead atoms. The van der Waals surface area contributed by atoms with E-state index in [0.29, 0.717) is 11.1 Å². The Morgan fingerprint density at radius 1 is 1.14 bits per heavy atom. The van der Waals surface area contributed by atoms with Gasteiger partial charge in [0.25, 0.3) is 5.91 Å². The van der Waals surface area contributed by atoms with Crippen LogP contribution in [0.1, 0.15) is 16.7 Å². The Kier molecular flexibility index (Phi) is 5.86. The van der Waals surface area contributed by atoms with E-state index in [9.17, 15) is 26.4 Å². The van der Waals surface area contributed by atoms with Gasteiger partial charge in [-0.15, -0.1) is 0 Å². The zero-order valence-electron chi connectivity index (χ0n) is 14.5. The van der Waals surface area contributed by atoms with Crippen LogP contribution in [0.4, 0.5) is 13.2 Å². The van der Waals surface area contributed by atoms with Crippen molar-refractivity contribution in [3.63, 3.8) is 0 Å². The van der Waals surface area contributed by atoms with Crippen molar-refractivity contribution in [2.24, 2.45) is 5.14 Å². The van der Waals surface area contributed by atoms with Gasteiger partial charge in [-0.2, -0.15) is 13.2 Å². The third-order valence-corrected chi connectivity index (χ3v) is 6.27. The van der Waals surface area contributed by atoms with E-state index >= 15 is 0 Å². The van der Waals surface area contributed by atoms with E-state index in [0.717, 1.165) is 23.9 Å². The molecule has 5 nitrogen and oxygen atoms in total. The Hall–Kier alpha value is -2.21. The van der Waals surface area contributed by atoms with Gasteiger partial charge in [-0.1, -0.05) is 48.2 Å². The average molecular weight is 459 g/mol. The number of carbonyl (C=O) groups excluding carboxylic acids is 1. The van der Waals surface area contributed by atoms with Gasteiger partial charge in [-0.25, -0.2) is 13.6 Å². The number of amides is 1. The van der Waals surface area contributed by atoms with Gasteiger partial charge in [-0.05, 0) is 41.5 Å². The molecule has 0 saturated carbocycles. The topological polar surface area (TPSA) is 80.5 Å². The van der Waals surface area contributed by atoms with Crippen LogP contribution in [0, 0.1) is 0 Å². The van der Waals surface area contributed by atoms with Gasteiger partial charge in [0.15, 0.2) is 0 Å². The molecule has 1 saturated heterocycles. The molecule has 1 fully saturated rings. The summed E-state index contributed by atoms with van der Waals surface area (Å²) in [5.41, 5.74) is 0.166. The molecule has 0 aliphatic carbocycles. The minimum atomic E-state index is -4.44. The summed E-state index contributed by atoms with van der Waals surface area (Å²) in [6.45, 7) is 0.0252. The predicted octanol–water partition coefficient (Wildman–Crippen LogP) is 3.75. The fourth-order valence-electron chi connectivity index (χ4n) is 2.55. The molecule has 1 heterocycles. The Balaban J connectivity index is 1.80. The Labute approximate surface area is 174 Å². The van der Waals surface area contributed by atoms with Crippen molar-refractivity contribution in [2.75, 3.05) is 0 Å². The highest BCUT2D eigenvalue weighted by atomic mass is 32.2. The SMILES string of the molecule is NS(=O)(=O)c1cccc(/C=C2\SC(=S)N(Cc3ccc(C(F)(F)F)cc3)C2=O)c1. The standard InChI is InChI=1S/C18H13F3N2O3S3/c19-18(20,21)13-6-4-11(5-7-13)10-23-16(24)15(28-17(23)27)9-12-2-1-3-14(8-12)29(22,25)26/h1-9H,10H2,(H2,22,25,26)/b15-9-. The monoisotopic (exact) mass is 458 g/mol. The van der Waals surface area contributed by atoms with Crippen LogP contribution in [-0.4, -0.2) is 23.5 Å². The fraction of sp³-hybridized carbons (Fsp3) is 0.111. The van der Waals surface area contributed by atoms with Crippen LogP contribution in [0.2, 0.25) is 0 Å². The Morgan fingerprint density at radius 2 is 1.79 bits per heavy atom.